The topological polar surface area (TPSA) is 64.3 Å². The second-order valence-electron chi connectivity index (χ2n) is 4.39. The minimum absolute atomic E-state index is 0.306. The number of hydrogen-bond donors (Lipinski definition) is 2. The smallest absolute Gasteiger partial charge is 0.198 e. The lowest BCUT2D eigenvalue weighted by Gasteiger charge is -2.11. The van der Waals surface area contributed by atoms with Gasteiger partial charge in [0.15, 0.2) is 5.22 Å². The molecule has 0 bridgehead atoms. The predicted octanol–water partition coefficient (Wildman–Crippen LogP) is 3.54. The van der Waals surface area contributed by atoms with Crippen LogP contribution in [0.3, 0.4) is 0 Å². The Morgan fingerprint density at radius 1 is 1.32 bits per heavy atom. The molecule has 0 fully saturated rings. The fourth-order valence-corrected chi connectivity index (χ4v) is 2.43. The molecule has 0 aliphatic heterocycles. The first-order valence-electron chi connectivity index (χ1n) is 5.89. The lowest BCUT2D eigenvalue weighted by molar-refractivity contribution is 0.471. The van der Waals surface area contributed by atoms with Crippen LogP contribution < -0.4 is 11.3 Å². The average molecular weight is 277 g/mol. The van der Waals surface area contributed by atoms with Crippen LogP contribution in [0.15, 0.2) is 45.4 Å². The van der Waals surface area contributed by atoms with E-state index in [1.807, 2.05) is 31.2 Å². The van der Waals surface area contributed by atoms with E-state index in [1.54, 1.807) is 6.07 Å². The third kappa shape index (κ3) is 2.04. The van der Waals surface area contributed by atoms with Gasteiger partial charge in [0.1, 0.15) is 17.4 Å². The number of aryl methyl sites for hydroxylation is 1. The summed E-state index contributed by atoms with van der Waals surface area (Å²) in [5.41, 5.74) is 5.39. The fraction of sp³-hybridized carbons (Fsp3) is 0.143. The van der Waals surface area contributed by atoms with E-state index in [9.17, 15) is 0 Å². The minimum atomic E-state index is -0.335. The maximum atomic E-state index is 5.99. The Bertz CT molecular complexity index is 717. The second kappa shape index (κ2) is 4.74. The van der Waals surface area contributed by atoms with Gasteiger partial charge in [-0.2, -0.15) is 0 Å². The van der Waals surface area contributed by atoms with Gasteiger partial charge >= 0.3 is 0 Å². The summed E-state index contributed by atoms with van der Waals surface area (Å²) in [4.78, 5) is 0. The number of fused-ring (bicyclic) bond motifs is 1. The highest BCUT2D eigenvalue weighted by Gasteiger charge is 2.21. The summed E-state index contributed by atoms with van der Waals surface area (Å²) < 4.78 is 11.0. The molecule has 98 valence electrons. The van der Waals surface area contributed by atoms with Crippen LogP contribution in [0.5, 0.6) is 0 Å². The molecule has 3 aromatic rings. The average Bonchev–Trinajstić information content (AvgIpc) is 2.99. The van der Waals surface area contributed by atoms with Crippen LogP contribution in [0.4, 0.5) is 0 Å². The quantitative estimate of drug-likeness (QED) is 0.567. The molecule has 0 amide bonds. The van der Waals surface area contributed by atoms with Crippen molar-refractivity contribution in [1.29, 1.82) is 0 Å². The second-order valence-corrected chi connectivity index (χ2v) is 4.73. The molecule has 0 saturated heterocycles. The fourth-order valence-electron chi connectivity index (χ4n) is 2.21. The lowest BCUT2D eigenvalue weighted by Crippen LogP contribution is -2.28. The van der Waals surface area contributed by atoms with Crippen LogP contribution in [0.25, 0.3) is 11.0 Å². The molecule has 4 nitrogen and oxygen atoms in total. The Kier molecular flexibility index (Phi) is 3.06. The van der Waals surface area contributed by atoms with Crippen molar-refractivity contribution in [3.8, 4) is 0 Å². The van der Waals surface area contributed by atoms with E-state index in [4.69, 9.17) is 26.3 Å². The number of nitrogens with one attached hydrogen (secondary N) is 1. The maximum Gasteiger partial charge on any atom is 0.198 e. The predicted molar refractivity (Wildman–Crippen MR) is 73.8 cm³/mol. The van der Waals surface area contributed by atoms with E-state index >= 15 is 0 Å². The molecule has 3 rings (SSSR count). The molecule has 2 heterocycles. The molecule has 19 heavy (non-hydrogen) atoms. The molecule has 0 saturated carbocycles. The van der Waals surface area contributed by atoms with E-state index in [2.05, 4.69) is 5.43 Å². The van der Waals surface area contributed by atoms with Gasteiger partial charge in [0.25, 0.3) is 0 Å². The summed E-state index contributed by atoms with van der Waals surface area (Å²) in [5.74, 6) is 6.32. The number of para-hydroxylation sites is 1. The molecule has 1 unspecified atom stereocenters. The molecule has 2 aromatic heterocycles. The number of hydrazine groups is 1. The number of rotatable bonds is 3. The Balaban J connectivity index is 2.12. The van der Waals surface area contributed by atoms with Crippen molar-refractivity contribution in [2.24, 2.45) is 5.84 Å². The lowest BCUT2D eigenvalue weighted by atomic mass is 10.1. The number of furan rings is 2. The third-order valence-corrected chi connectivity index (χ3v) is 3.48. The van der Waals surface area contributed by atoms with Gasteiger partial charge in [0.2, 0.25) is 0 Å². The first kappa shape index (κ1) is 12.3. The standard InChI is InChI=1S/C14H13ClN2O2/c1-8-3-2-4-9-7-11(19-13(8)9)12(17-16)10-5-6-18-14(10)15/h2-7,12,17H,16H2,1H3. The number of halogens is 1. The molecular weight excluding hydrogens is 264 g/mol. The summed E-state index contributed by atoms with van der Waals surface area (Å²) in [6.07, 6.45) is 1.52. The number of benzene rings is 1. The number of hydrogen-bond acceptors (Lipinski definition) is 4. The van der Waals surface area contributed by atoms with Crippen molar-refractivity contribution >= 4 is 22.6 Å². The van der Waals surface area contributed by atoms with E-state index in [0.717, 1.165) is 22.1 Å². The van der Waals surface area contributed by atoms with Gasteiger partial charge in [-0.1, -0.05) is 18.2 Å². The number of nitrogens with two attached hydrogens (primary N) is 1. The van der Waals surface area contributed by atoms with Crippen LogP contribution in [-0.4, -0.2) is 0 Å². The monoisotopic (exact) mass is 276 g/mol. The van der Waals surface area contributed by atoms with Crippen LogP contribution in [-0.2, 0) is 0 Å². The Labute approximate surface area is 115 Å². The largest absolute Gasteiger partial charge is 0.459 e. The van der Waals surface area contributed by atoms with E-state index in [0.29, 0.717) is 11.0 Å². The van der Waals surface area contributed by atoms with Gasteiger partial charge in [-0.25, -0.2) is 5.43 Å². The van der Waals surface area contributed by atoms with Crippen molar-refractivity contribution in [1.82, 2.24) is 5.43 Å². The van der Waals surface area contributed by atoms with Crippen LogP contribution in [0, 0.1) is 6.92 Å². The Morgan fingerprint density at radius 2 is 2.16 bits per heavy atom. The van der Waals surface area contributed by atoms with Gasteiger partial charge in [-0.05, 0) is 36.2 Å². The molecule has 1 atom stereocenters. The van der Waals surface area contributed by atoms with Gasteiger partial charge in [0, 0.05) is 10.9 Å². The first-order valence-corrected chi connectivity index (χ1v) is 6.26. The highest BCUT2D eigenvalue weighted by atomic mass is 35.5. The van der Waals surface area contributed by atoms with E-state index in [-0.39, 0.29) is 6.04 Å². The Morgan fingerprint density at radius 3 is 2.79 bits per heavy atom. The van der Waals surface area contributed by atoms with Gasteiger partial charge in [0.05, 0.1) is 6.26 Å². The van der Waals surface area contributed by atoms with E-state index in [1.165, 1.54) is 6.26 Å². The summed E-state index contributed by atoms with van der Waals surface area (Å²) in [6, 6.07) is 9.39. The van der Waals surface area contributed by atoms with Crippen molar-refractivity contribution in [3.05, 3.63) is 58.7 Å². The van der Waals surface area contributed by atoms with Crippen LogP contribution in [0.1, 0.15) is 22.9 Å². The SMILES string of the molecule is Cc1cccc2cc(C(NN)c3ccoc3Cl)oc12. The summed E-state index contributed by atoms with van der Waals surface area (Å²) in [5, 5.41) is 1.34. The molecule has 3 N–H and O–H groups in total. The minimum Gasteiger partial charge on any atom is -0.459 e. The van der Waals surface area contributed by atoms with Crippen molar-refractivity contribution < 1.29 is 8.83 Å². The van der Waals surface area contributed by atoms with Gasteiger partial charge in [-0.3, -0.25) is 5.84 Å². The Hall–Kier alpha value is -1.75. The van der Waals surface area contributed by atoms with Crippen LogP contribution in [0.2, 0.25) is 5.22 Å². The molecular formula is C14H13ClN2O2. The molecule has 5 heteroatoms. The van der Waals surface area contributed by atoms with Crippen molar-refractivity contribution in [2.45, 2.75) is 13.0 Å². The van der Waals surface area contributed by atoms with Gasteiger partial charge in [-0.15, -0.1) is 0 Å². The molecule has 0 aliphatic rings. The molecule has 0 spiro atoms. The highest BCUT2D eigenvalue weighted by molar-refractivity contribution is 6.29. The molecule has 0 radical (unpaired) electrons. The zero-order valence-electron chi connectivity index (χ0n) is 10.3. The normalized spacial score (nSPS) is 13.0. The zero-order valence-corrected chi connectivity index (χ0v) is 11.1. The molecule has 0 aliphatic carbocycles. The van der Waals surface area contributed by atoms with Crippen LogP contribution >= 0.6 is 11.6 Å². The summed E-state index contributed by atoms with van der Waals surface area (Å²) in [6.45, 7) is 2.01. The van der Waals surface area contributed by atoms with Crippen molar-refractivity contribution in [3.63, 3.8) is 0 Å². The zero-order chi connectivity index (χ0) is 13.4. The maximum absolute atomic E-state index is 5.99. The highest BCUT2D eigenvalue weighted by Crippen LogP contribution is 2.32. The van der Waals surface area contributed by atoms with Crippen molar-refractivity contribution in [2.75, 3.05) is 0 Å². The first-order chi connectivity index (χ1) is 9.20. The van der Waals surface area contributed by atoms with E-state index < -0.39 is 0 Å². The third-order valence-electron chi connectivity index (χ3n) is 3.17. The summed E-state index contributed by atoms with van der Waals surface area (Å²) >= 11 is 5.99. The van der Waals surface area contributed by atoms with Gasteiger partial charge < -0.3 is 8.83 Å². The summed E-state index contributed by atoms with van der Waals surface area (Å²) in [7, 11) is 0. The molecule has 1 aromatic carbocycles.